The van der Waals surface area contributed by atoms with E-state index >= 15 is 0 Å². The van der Waals surface area contributed by atoms with Crippen molar-refractivity contribution in [3.8, 4) is 23.8 Å². The van der Waals surface area contributed by atoms with Crippen molar-refractivity contribution < 1.29 is 9.47 Å². The first-order valence-electron chi connectivity index (χ1n) is 4.96. The Bertz CT molecular complexity index is 350. The van der Waals surface area contributed by atoms with Gasteiger partial charge in [0.25, 0.3) is 0 Å². The maximum atomic E-state index is 5.22. The molecule has 0 saturated heterocycles. The van der Waals surface area contributed by atoms with Crippen molar-refractivity contribution in [2.45, 2.75) is 19.3 Å². The van der Waals surface area contributed by atoms with Gasteiger partial charge in [0.1, 0.15) is 0 Å². The molecule has 0 aliphatic heterocycles. The lowest BCUT2D eigenvalue weighted by Gasteiger charge is -2.08. The summed E-state index contributed by atoms with van der Waals surface area (Å²) >= 11 is 0. The average Bonchev–Trinajstić information content (AvgIpc) is 2.29. The van der Waals surface area contributed by atoms with Crippen LogP contribution in [0.15, 0.2) is 18.2 Å². The first kappa shape index (κ1) is 11.5. The number of benzene rings is 1. The quantitative estimate of drug-likeness (QED) is 0.542. The minimum absolute atomic E-state index is 0.762. The lowest BCUT2D eigenvalue weighted by atomic mass is 10.1. The van der Waals surface area contributed by atoms with Gasteiger partial charge in [-0.05, 0) is 30.5 Å². The zero-order chi connectivity index (χ0) is 11.1. The fraction of sp³-hybridized carbons (Fsp3) is 0.385. The van der Waals surface area contributed by atoms with E-state index in [0.29, 0.717) is 0 Å². The molecule has 0 N–H and O–H groups in total. The van der Waals surface area contributed by atoms with Gasteiger partial charge in [0.15, 0.2) is 11.5 Å². The van der Waals surface area contributed by atoms with Gasteiger partial charge in [-0.2, -0.15) is 0 Å². The van der Waals surface area contributed by atoms with Gasteiger partial charge in [-0.3, -0.25) is 0 Å². The molecule has 0 unspecified atom stereocenters. The molecule has 1 aromatic carbocycles. The molecule has 15 heavy (non-hydrogen) atoms. The lowest BCUT2D eigenvalue weighted by Crippen LogP contribution is -1.92. The summed E-state index contributed by atoms with van der Waals surface area (Å²) in [6.07, 6.45) is 8.00. The highest BCUT2D eigenvalue weighted by atomic mass is 16.5. The summed E-state index contributed by atoms with van der Waals surface area (Å²) in [6.45, 7) is 0. The van der Waals surface area contributed by atoms with Gasteiger partial charge in [0, 0.05) is 6.42 Å². The molecule has 0 saturated carbocycles. The molecule has 0 spiro atoms. The molecule has 1 aromatic rings. The maximum Gasteiger partial charge on any atom is 0.160 e. The van der Waals surface area contributed by atoms with Crippen molar-refractivity contribution in [2.75, 3.05) is 14.2 Å². The predicted molar refractivity (Wildman–Crippen MR) is 61.3 cm³/mol. The topological polar surface area (TPSA) is 18.5 Å². The molecular formula is C13H16O2. The highest BCUT2D eigenvalue weighted by Crippen LogP contribution is 2.27. The molecule has 0 amide bonds. The summed E-state index contributed by atoms with van der Waals surface area (Å²) in [5.41, 5.74) is 1.22. The van der Waals surface area contributed by atoms with Crippen LogP contribution >= 0.6 is 0 Å². The summed E-state index contributed by atoms with van der Waals surface area (Å²) in [5.74, 6) is 4.17. The Morgan fingerprint density at radius 1 is 1.20 bits per heavy atom. The number of unbranched alkanes of at least 4 members (excludes halogenated alkanes) is 1. The van der Waals surface area contributed by atoms with Crippen LogP contribution in [-0.4, -0.2) is 14.2 Å². The second-order valence-corrected chi connectivity index (χ2v) is 3.25. The lowest BCUT2D eigenvalue weighted by molar-refractivity contribution is 0.354. The first-order valence-corrected chi connectivity index (χ1v) is 4.96. The average molecular weight is 204 g/mol. The third kappa shape index (κ3) is 3.21. The molecule has 0 atom stereocenters. The monoisotopic (exact) mass is 204 g/mol. The van der Waals surface area contributed by atoms with Gasteiger partial charge in [-0.15, -0.1) is 12.3 Å². The first-order chi connectivity index (χ1) is 7.31. The molecule has 0 heterocycles. The van der Waals surface area contributed by atoms with Crippen molar-refractivity contribution in [1.29, 1.82) is 0 Å². The predicted octanol–water partition coefficient (Wildman–Crippen LogP) is 2.66. The van der Waals surface area contributed by atoms with E-state index in [1.54, 1.807) is 14.2 Å². The SMILES string of the molecule is C#CCCCc1ccc(OC)c(OC)c1. The molecule has 80 valence electrons. The number of methoxy groups -OCH3 is 2. The van der Waals surface area contributed by atoms with E-state index in [9.17, 15) is 0 Å². The van der Waals surface area contributed by atoms with Crippen LogP contribution in [0.4, 0.5) is 0 Å². The summed E-state index contributed by atoms with van der Waals surface area (Å²) in [7, 11) is 3.28. The number of ether oxygens (including phenoxy) is 2. The van der Waals surface area contributed by atoms with Crippen molar-refractivity contribution in [3.63, 3.8) is 0 Å². The van der Waals surface area contributed by atoms with E-state index in [1.807, 2.05) is 18.2 Å². The van der Waals surface area contributed by atoms with E-state index in [1.165, 1.54) is 5.56 Å². The van der Waals surface area contributed by atoms with E-state index in [0.717, 1.165) is 30.8 Å². The van der Waals surface area contributed by atoms with E-state index in [4.69, 9.17) is 15.9 Å². The van der Waals surface area contributed by atoms with Gasteiger partial charge in [0.2, 0.25) is 0 Å². The Kier molecular flexibility index (Phi) is 4.56. The largest absolute Gasteiger partial charge is 0.493 e. The van der Waals surface area contributed by atoms with E-state index < -0.39 is 0 Å². The Morgan fingerprint density at radius 2 is 1.93 bits per heavy atom. The van der Waals surface area contributed by atoms with Crippen LogP contribution in [0.25, 0.3) is 0 Å². The number of terminal acetylenes is 1. The molecule has 1 rings (SSSR count). The van der Waals surface area contributed by atoms with Crippen molar-refractivity contribution >= 4 is 0 Å². The molecule has 0 aromatic heterocycles. The van der Waals surface area contributed by atoms with Crippen LogP contribution in [0.1, 0.15) is 18.4 Å². The van der Waals surface area contributed by atoms with Crippen molar-refractivity contribution in [1.82, 2.24) is 0 Å². The normalized spacial score (nSPS) is 9.40. The van der Waals surface area contributed by atoms with Crippen molar-refractivity contribution in [3.05, 3.63) is 23.8 Å². The Balaban J connectivity index is 2.71. The van der Waals surface area contributed by atoms with Gasteiger partial charge in [-0.1, -0.05) is 6.07 Å². The third-order valence-electron chi connectivity index (χ3n) is 2.23. The summed E-state index contributed by atoms with van der Waals surface area (Å²) in [5, 5.41) is 0. The molecular weight excluding hydrogens is 188 g/mol. The van der Waals surface area contributed by atoms with Crippen LogP contribution in [0.5, 0.6) is 11.5 Å². The van der Waals surface area contributed by atoms with Gasteiger partial charge >= 0.3 is 0 Å². The number of aryl methyl sites for hydroxylation is 1. The number of hydrogen-bond donors (Lipinski definition) is 0. The second-order valence-electron chi connectivity index (χ2n) is 3.25. The highest BCUT2D eigenvalue weighted by Gasteiger charge is 2.03. The van der Waals surface area contributed by atoms with Crippen LogP contribution in [-0.2, 0) is 6.42 Å². The molecule has 0 bridgehead atoms. The zero-order valence-electron chi connectivity index (χ0n) is 9.25. The fourth-order valence-electron chi connectivity index (χ4n) is 1.43. The maximum absolute atomic E-state index is 5.22. The number of rotatable bonds is 5. The molecule has 0 aliphatic rings. The van der Waals surface area contributed by atoms with E-state index in [2.05, 4.69) is 5.92 Å². The third-order valence-corrected chi connectivity index (χ3v) is 2.23. The van der Waals surface area contributed by atoms with Gasteiger partial charge in [0.05, 0.1) is 14.2 Å². The van der Waals surface area contributed by atoms with Crippen molar-refractivity contribution in [2.24, 2.45) is 0 Å². The zero-order valence-corrected chi connectivity index (χ0v) is 9.25. The Hall–Kier alpha value is -1.62. The number of hydrogen-bond acceptors (Lipinski definition) is 2. The highest BCUT2D eigenvalue weighted by molar-refractivity contribution is 5.42. The molecule has 0 aliphatic carbocycles. The summed E-state index contributed by atoms with van der Waals surface area (Å²) < 4.78 is 10.4. The second kappa shape index (κ2) is 5.98. The molecule has 2 nitrogen and oxygen atoms in total. The van der Waals surface area contributed by atoms with Gasteiger partial charge < -0.3 is 9.47 Å². The minimum Gasteiger partial charge on any atom is -0.493 e. The minimum atomic E-state index is 0.762. The molecule has 0 radical (unpaired) electrons. The Labute approximate surface area is 91.2 Å². The smallest absolute Gasteiger partial charge is 0.160 e. The molecule has 0 fully saturated rings. The van der Waals surface area contributed by atoms with Crippen LogP contribution in [0.2, 0.25) is 0 Å². The van der Waals surface area contributed by atoms with E-state index in [-0.39, 0.29) is 0 Å². The standard InChI is InChI=1S/C13H16O2/c1-4-5-6-7-11-8-9-12(14-2)13(10-11)15-3/h1,8-10H,5-7H2,2-3H3. The van der Waals surface area contributed by atoms with Gasteiger partial charge in [-0.25, -0.2) is 0 Å². The van der Waals surface area contributed by atoms with Crippen LogP contribution in [0.3, 0.4) is 0 Å². The van der Waals surface area contributed by atoms with Crippen LogP contribution in [0, 0.1) is 12.3 Å². The summed E-state index contributed by atoms with van der Waals surface area (Å²) in [4.78, 5) is 0. The fourth-order valence-corrected chi connectivity index (χ4v) is 1.43. The molecule has 2 heteroatoms. The van der Waals surface area contributed by atoms with Crippen LogP contribution < -0.4 is 9.47 Å². The Morgan fingerprint density at radius 3 is 2.53 bits per heavy atom. The summed E-state index contributed by atoms with van der Waals surface area (Å²) in [6, 6.07) is 5.96.